The number of benzene rings is 2. The third-order valence-corrected chi connectivity index (χ3v) is 5.78. The molecule has 1 amide bonds. The molecule has 9 nitrogen and oxygen atoms in total. The number of nitrogens with one attached hydrogen (secondary N) is 1. The van der Waals surface area contributed by atoms with Crippen LogP contribution in [0, 0.1) is 0 Å². The molecule has 0 spiro atoms. The van der Waals surface area contributed by atoms with Crippen LogP contribution in [0.1, 0.15) is 12.5 Å². The lowest BCUT2D eigenvalue weighted by Gasteiger charge is -2.18. The van der Waals surface area contributed by atoms with E-state index in [1.807, 2.05) is 0 Å². The third-order valence-electron chi connectivity index (χ3n) is 4.57. The number of nitrogens with zero attached hydrogens (tertiary/aromatic N) is 1. The van der Waals surface area contributed by atoms with Gasteiger partial charge in [0.05, 0.1) is 33.3 Å². The summed E-state index contributed by atoms with van der Waals surface area (Å²) in [6.07, 6.45) is 0.359. The van der Waals surface area contributed by atoms with E-state index in [1.165, 1.54) is 28.4 Å². The van der Waals surface area contributed by atoms with Gasteiger partial charge in [-0.05, 0) is 48.9 Å². The molecule has 0 aliphatic heterocycles. The molecule has 1 atom stereocenters. The van der Waals surface area contributed by atoms with Crippen molar-refractivity contribution in [2.24, 2.45) is 0 Å². The summed E-state index contributed by atoms with van der Waals surface area (Å²) in [5.41, 5.74) is 1.26. The van der Waals surface area contributed by atoms with Crippen molar-refractivity contribution >= 4 is 21.6 Å². The second-order valence-electron chi connectivity index (χ2n) is 6.74. The molecule has 0 aromatic heterocycles. The van der Waals surface area contributed by atoms with Gasteiger partial charge < -0.3 is 24.3 Å². The van der Waals surface area contributed by atoms with Crippen LogP contribution in [0.15, 0.2) is 36.4 Å². The van der Waals surface area contributed by atoms with Crippen LogP contribution in [0.2, 0.25) is 0 Å². The highest BCUT2D eigenvalue weighted by molar-refractivity contribution is 7.92. The summed E-state index contributed by atoms with van der Waals surface area (Å²) in [6.45, 7) is 1.86. The minimum absolute atomic E-state index is 0.237. The molecule has 0 bridgehead atoms. The maximum Gasteiger partial charge on any atom is 0.261 e. The lowest BCUT2D eigenvalue weighted by Crippen LogP contribution is -2.35. The van der Waals surface area contributed by atoms with Crippen molar-refractivity contribution in [3.05, 3.63) is 42.0 Å². The normalized spacial score (nSPS) is 11.9. The van der Waals surface area contributed by atoms with Crippen molar-refractivity contribution in [2.75, 3.05) is 38.9 Å². The van der Waals surface area contributed by atoms with Gasteiger partial charge in [0.25, 0.3) is 5.91 Å². The molecular formula is C21H28N2O7S. The van der Waals surface area contributed by atoms with Crippen LogP contribution in [-0.2, 0) is 21.4 Å². The summed E-state index contributed by atoms with van der Waals surface area (Å²) in [5, 5.41) is 2.81. The average molecular weight is 453 g/mol. The van der Waals surface area contributed by atoms with Gasteiger partial charge in [0.15, 0.2) is 17.6 Å². The number of ether oxygens (including phenoxy) is 4. The smallest absolute Gasteiger partial charge is 0.261 e. The first-order valence-corrected chi connectivity index (χ1v) is 11.2. The lowest BCUT2D eigenvalue weighted by atomic mass is 10.1. The van der Waals surface area contributed by atoms with Crippen LogP contribution >= 0.6 is 0 Å². The molecule has 2 aromatic carbocycles. The maximum absolute atomic E-state index is 12.4. The summed E-state index contributed by atoms with van der Waals surface area (Å²) in [6, 6.07) is 9.95. The van der Waals surface area contributed by atoms with Crippen molar-refractivity contribution in [1.29, 1.82) is 0 Å². The van der Waals surface area contributed by atoms with Crippen LogP contribution in [0.3, 0.4) is 0 Å². The average Bonchev–Trinajstić information content (AvgIpc) is 2.75. The van der Waals surface area contributed by atoms with Crippen molar-refractivity contribution in [1.82, 2.24) is 5.32 Å². The molecule has 0 saturated carbocycles. The molecule has 0 saturated heterocycles. The fourth-order valence-electron chi connectivity index (χ4n) is 2.75. The van der Waals surface area contributed by atoms with Gasteiger partial charge in [0.2, 0.25) is 15.8 Å². The van der Waals surface area contributed by atoms with Crippen LogP contribution in [0.5, 0.6) is 23.0 Å². The van der Waals surface area contributed by atoms with Gasteiger partial charge in [-0.1, -0.05) is 0 Å². The summed E-state index contributed by atoms with van der Waals surface area (Å²) in [7, 11) is 2.68. The first-order chi connectivity index (χ1) is 14.6. The number of carbonyl (C=O) groups excluding carboxylic acids is 1. The van der Waals surface area contributed by atoms with Crippen molar-refractivity contribution < 1.29 is 32.2 Å². The fraction of sp³-hybridized carbons (Fsp3) is 0.381. The van der Waals surface area contributed by atoms with E-state index in [9.17, 15) is 13.2 Å². The van der Waals surface area contributed by atoms with E-state index in [-0.39, 0.29) is 12.5 Å². The van der Waals surface area contributed by atoms with Gasteiger partial charge in [-0.2, -0.15) is 0 Å². The number of hydrogen-bond acceptors (Lipinski definition) is 7. The zero-order valence-electron chi connectivity index (χ0n) is 18.5. The van der Waals surface area contributed by atoms with E-state index in [1.54, 1.807) is 43.3 Å². The minimum atomic E-state index is -3.35. The Balaban J connectivity index is 2.00. The number of carbonyl (C=O) groups is 1. The number of sulfonamides is 1. The monoisotopic (exact) mass is 452 g/mol. The Morgan fingerprint density at radius 2 is 1.58 bits per heavy atom. The molecule has 31 heavy (non-hydrogen) atoms. The fourth-order valence-corrected chi connectivity index (χ4v) is 3.26. The molecule has 10 heteroatoms. The molecule has 0 fully saturated rings. The Morgan fingerprint density at radius 1 is 1.03 bits per heavy atom. The first-order valence-electron chi connectivity index (χ1n) is 9.38. The van der Waals surface area contributed by atoms with Crippen molar-refractivity contribution in [3.63, 3.8) is 0 Å². The van der Waals surface area contributed by atoms with Gasteiger partial charge in [-0.3, -0.25) is 9.10 Å². The number of hydrogen-bond donors (Lipinski definition) is 1. The molecule has 1 N–H and O–H groups in total. The zero-order valence-corrected chi connectivity index (χ0v) is 19.3. The molecule has 2 rings (SSSR count). The van der Waals surface area contributed by atoms with Gasteiger partial charge in [-0.15, -0.1) is 0 Å². The molecule has 0 unspecified atom stereocenters. The largest absolute Gasteiger partial charge is 0.493 e. The number of methoxy groups -OCH3 is 3. The van der Waals surface area contributed by atoms with Crippen molar-refractivity contribution in [2.45, 2.75) is 19.6 Å². The maximum atomic E-state index is 12.4. The Hall–Kier alpha value is -3.14. The van der Waals surface area contributed by atoms with E-state index in [0.29, 0.717) is 28.7 Å². The topological polar surface area (TPSA) is 103 Å². The SMILES string of the molecule is COc1cc(CNC(=O)[C@H](C)Oc2ccc(N(C)S(C)(=O)=O)cc2)cc(OC)c1OC. The standard InChI is InChI=1S/C21H28N2O7S/c1-14(30-17-9-7-16(8-10-17)23(2)31(6,25)26)21(24)22-13-15-11-18(27-3)20(29-5)19(12-15)28-4/h7-12,14H,13H2,1-6H3,(H,22,24)/t14-/m0/s1. The Kier molecular flexibility index (Phi) is 7.98. The van der Waals surface area contributed by atoms with Gasteiger partial charge >= 0.3 is 0 Å². The quantitative estimate of drug-likeness (QED) is 0.589. The Morgan fingerprint density at radius 3 is 2.03 bits per heavy atom. The Bertz CT molecular complexity index is 982. The lowest BCUT2D eigenvalue weighted by molar-refractivity contribution is -0.127. The van der Waals surface area contributed by atoms with E-state index in [4.69, 9.17) is 18.9 Å². The number of anilines is 1. The molecule has 2 aromatic rings. The molecule has 0 radical (unpaired) electrons. The highest BCUT2D eigenvalue weighted by Crippen LogP contribution is 2.38. The molecule has 170 valence electrons. The van der Waals surface area contributed by atoms with E-state index < -0.39 is 16.1 Å². The van der Waals surface area contributed by atoms with Gasteiger partial charge in [0.1, 0.15) is 5.75 Å². The predicted molar refractivity (Wildman–Crippen MR) is 118 cm³/mol. The highest BCUT2D eigenvalue weighted by atomic mass is 32.2. The highest BCUT2D eigenvalue weighted by Gasteiger charge is 2.17. The van der Waals surface area contributed by atoms with Crippen LogP contribution in [0.25, 0.3) is 0 Å². The van der Waals surface area contributed by atoms with Gasteiger partial charge in [-0.25, -0.2) is 8.42 Å². The van der Waals surface area contributed by atoms with Crippen molar-refractivity contribution in [3.8, 4) is 23.0 Å². The van der Waals surface area contributed by atoms with Crippen LogP contribution in [0.4, 0.5) is 5.69 Å². The van der Waals surface area contributed by atoms with E-state index in [2.05, 4.69) is 5.32 Å². The number of amides is 1. The molecular weight excluding hydrogens is 424 g/mol. The molecule has 0 heterocycles. The Labute approximate surface area is 182 Å². The van der Waals surface area contributed by atoms with Crippen LogP contribution < -0.4 is 28.6 Å². The second kappa shape index (κ2) is 10.3. The van der Waals surface area contributed by atoms with E-state index in [0.717, 1.165) is 16.1 Å². The molecule has 0 aliphatic carbocycles. The summed E-state index contributed by atoms with van der Waals surface area (Å²) >= 11 is 0. The van der Waals surface area contributed by atoms with E-state index >= 15 is 0 Å². The van der Waals surface area contributed by atoms with Crippen LogP contribution in [-0.4, -0.2) is 55.1 Å². The van der Waals surface area contributed by atoms with Gasteiger partial charge in [0, 0.05) is 13.6 Å². The minimum Gasteiger partial charge on any atom is -0.493 e. The predicted octanol–water partition coefficient (Wildman–Crippen LogP) is 2.19. The first kappa shape index (κ1) is 24.1. The second-order valence-corrected chi connectivity index (χ2v) is 8.75. The summed E-state index contributed by atoms with van der Waals surface area (Å²) in [4.78, 5) is 12.4. The zero-order chi connectivity index (χ0) is 23.2. The molecule has 0 aliphatic rings. The summed E-state index contributed by atoms with van der Waals surface area (Å²) in [5.74, 6) is 1.60. The number of rotatable bonds is 10. The third kappa shape index (κ3) is 6.17. The summed E-state index contributed by atoms with van der Waals surface area (Å²) < 4.78 is 46.0.